The smallest absolute Gasteiger partial charge is 0.352 e. The zero-order valence-electron chi connectivity index (χ0n) is 11.5. The summed E-state index contributed by atoms with van der Waals surface area (Å²) in [5.41, 5.74) is -0.456. The van der Waals surface area contributed by atoms with Gasteiger partial charge in [-0.25, -0.2) is 4.68 Å². The number of hydrogen-bond donors (Lipinski definition) is 1. The first-order valence-corrected chi connectivity index (χ1v) is 7.60. The summed E-state index contributed by atoms with van der Waals surface area (Å²) in [6, 6.07) is 6.40. The molecule has 2 rings (SSSR count). The maximum atomic E-state index is 13.3. The molecule has 1 radical (unpaired) electrons. The number of alkyl halides is 3. The van der Waals surface area contributed by atoms with E-state index in [4.69, 9.17) is 0 Å². The van der Waals surface area contributed by atoms with Gasteiger partial charge in [-0.3, -0.25) is 4.79 Å². The number of nitrogens with zero attached hydrogens (tertiary/aromatic N) is 2. The first-order chi connectivity index (χ1) is 10.4. The molecule has 0 aliphatic heterocycles. The van der Waals surface area contributed by atoms with Crippen LogP contribution in [0.5, 0.6) is 0 Å². The van der Waals surface area contributed by atoms with Crippen LogP contribution >= 0.6 is 22.4 Å². The molecule has 0 saturated heterocycles. The molecule has 0 fully saturated rings. The molecule has 2 aromatic rings. The third-order valence-corrected chi connectivity index (χ3v) is 3.60. The number of rotatable bonds is 4. The highest BCUT2D eigenvalue weighted by Crippen LogP contribution is 2.33. The average molecular weight is 420 g/mol. The van der Waals surface area contributed by atoms with Gasteiger partial charge in [0, 0.05) is 6.54 Å². The number of nitrogens with one attached hydrogen (secondary N) is 1. The van der Waals surface area contributed by atoms with Gasteiger partial charge in [0.1, 0.15) is 0 Å². The predicted octanol–water partition coefficient (Wildman–Crippen LogP) is 2.32. The minimum absolute atomic E-state index is 0.238. The number of hydrogen-bond acceptors (Lipinski definition) is 2. The molecule has 0 spiro atoms. The van der Waals surface area contributed by atoms with Gasteiger partial charge in [-0.05, 0) is 19.1 Å². The number of aromatic nitrogens is 2. The van der Waals surface area contributed by atoms with Crippen LogP contribution in [0, 0.1) is 0 Å². The summed E-state index contributed by atoms with van der Waals surface area (Å²) in [6.07, 6.45) is -3.75. The summed E-state index contributed by atoms with van der Waals surface area (Å²) in [4.78, 5) is 11.8. The second-order valence-electron chi connectivity index (χ2n) is 4.38. The number of halogens is 4. The quantitative estimate of drug-likeness (QED) is 0.610. The Bertz CT molecular complexity index is 670. The molecule has 1 aromatic heterocycles. The van der Waals surface area contributed by atoms with E-state index in [-0.39, 0.29) is 12.2 Å². The Morgan fingerprint density at radius 1 is 1.36 bits per heavy atom. The van der Waals surface area contributed by atoms with Gasteiger partial charge in [0.2, 0.25) is 5.14 Å². The Kier molecular flexibility index (Phi) is 5.14. The van der Waals surface area contributed by atoms with E-state index in [1.54, 1.807) is 24.2 Å². The van der Waals surface area contributed by atoms with Crippen LogP contribution in [-0.4, -0.2) is 27.4 Å². The lowest BCUT2D eigenvalue weighted by Gasteiger charge is -2.12. The Morgan fingerprint density at radius 2 is 2.00 bits per heavy atom. The minimum atomic E-state index is -4.69. The summed E-state index contributed by atoms with van der Waals surface area (Å²) in [6.45, 7) is 1.87. The highest BCUT2D eigenvalue weighted by atomic mass is 127. The standard InChI is InChI=1S/C13H11BF3IN3O/c1-2-19-12(22)10-7-20-21(11(10)13(15,16)17)9-5-3-8(14-18)4-6-9/h3-7H,2H2,1H3,(H,19,22). The summed E-state index contributed by atoms with van der Waals surface area (Å²) in [7, 11) is 0. The van der Waals surface area contributed by atoms with Crippen molar-refractivity contribution >= 4 is 38.9 Å². The molecule has 1 N–H and O–H groups in total. The molecule has 0 saturated carbocycles. The molecule has 22 heavy (non-hydrogen) atoms. The van der Waals surface area contributed by atoms with Crippen molar-refractivity contribution in [1.29, 1.82) is 0 Å². The fourth-order valence-corrected chi connectivity index (χ4v) is 2.34. The monoisotopic (exact) mass is 420 g/mol. The lowest BCUT2D eigenvalue weighted by Crippen LogP contribution is -2.26. The second kappa shape index (κ2) is 6.72. The van der Waals surface area contributed by atoms with Gasteiger partial charge >= 0.3 is 6.18 Å². The second-order valence-corrected chi connectivity index (χ2v) is 5.00. The van der Waals surface area contributed by atoms with Crippen LogP contribution in [0.2, 0.25) is 0 Å². The van der Waals surface area contributed by atoms with Crippen LogP contribution in [0.25, 0.3) is 5.69 Å². The largest absolute Gasteiger partial charge is 0.434 e. The summed E-state index contributed by atoms with van der Waals surface area (Å²) < 4.78 is 40.7. The van der Waals surface area contributed by atoms with E-state index >= 15 is 0 Å². The fraction of sp³-hybridized carbons (Fsp3) is 0.231. The van der Waals surface area contributed by atoms with Crippen molar-refractivity contribution in [2.45, 2.75) is 13.1 Å². The predicted molar refractivity (Wildman–Crippen MR) is 86.0 cm³/mol. The van der Waals surface area contributed by atoms with Crippen molar-refractivity contribution in [2.24, 2.45) is 0 Å². The molecule has 4 nitrogen and oxygen atoms in total. The molecule has 0 atom stereocenters. The van der Waals surface area contributed by atoms with Crippen molar-refractivity contribution in [3.8, 4) is 5.69 Å². The zero-order chi connectivity index (χ0) is 16.3. The zero-order valence-corrected chi connectivity index (χ0v) is 13.6. The van der Waals surface area contributed by atoms with Gasteiger partial charge in [0.05, 0.1) is 17.4 Å². The number of carbonyl (C=O) groups excluding carboxylic acids is 1. The number of amides is 1. The molecule has 0 aliphatic carbocycles. The van der Waals surface area contributed by atoms with Gasteiger partial charge in [-0.1, -0.05) is 17.6 Å². The maximum Gasteiger partial charge on any atom is 0.434 e. The van der Waals surface area contributed by atoms with Crippen molar-refractivity contribution in [1.82, 2.24) is 15.1 Å². The Labute approximate surface area is 139 Å². The van der Waals surface area contributed by atoms with Crippen molar-refractivity contribution in [2.75, 3.05) is 6.54 Å². The molecule has 0 aliphatic rings. The van der Waals surface area contributed by atoms with Crippen LogP contribution in [-0.2, 0) is 6.18 Å². The van der Waals surface area contributed by atoms with Crippen LogP contribution in [0.3, 0.4) is 0 Å². The summed E-state index contributed by atoms with van der Waals surface area (Å²) in [5.74, 6) is -0.793. The van der Waals surface area contributed by atoms with Crippen LogP contribution in [0.4, 0.5) is 13.2 Å². The van der Waals surface area contributed by atoms with E-state index in [1.807, 2.05) is 22.4 Å². The Balaban J connectivity index is 2.53. The SMILES string of the molecule is CCNC(=O)c1cnn(-c2ccc([B]I)cc2)c1C(F)(F)F. The first-order valence-electron chi connectivity index (χ1n) is 6.35. The van der Waals surface area contributed by atoms with E-state index in [1.165, 1.54) is 12.1 Å². The van der Waals surface area contributed by atoms with Gasteiger partial charge in [-0.2, -0.15) is 40.6 Å². The van der Waals surface area contributed by atoms with E-state index in [0.717, 1.165) is 16.3 Å². The van der Waals surface area contributed by atoms with Gasteiger partial charge in [-0.15, -0.1) is 0 Å². The van der Waals surface area contributed by atoms with Crippen molar-refractivity contribution < 1.29 is 18.0 Å². The minimum Gasteiger partial charge on any atom is -0.352 e. The number of benzene rings is 1. The topological polar surface area (TPSA) is 46.9 Å². The Hall–Kier alpha value is -1.52. The number of carbonyl (C=O) groups is 1. The van der Waals surface area contributed by atoms with E-state index in [0.29, 0.717) is 0 Å². The van der Waals surface area contributed by atoms with Crippen molar-refractivity contribution in [3.63, 3.8) is 0 Å². The molecule has 0 bridgehead atoms. The molecule has 1 amide bonds. The van der Waals surface area contributed by atoms with E-state index < -0.39 is 23.3 Å². The van der Waals surface area contributed by atoms with Crippen LogP contribution in [0.15, 0.2) is 30.5 Å². The molecular formula is C13H11BF3IN3O. The maximum absolute atomic E-state index is 13.3. The normalized spacial score (nSPS) is 11.3. The Morgan fingerprint density at radius 3 is 2.50 bits per heavy atom. The molecule has 1 aromatic carbocycles. The summed E-state index contributed by atoms with van der Waals surface area (Å²) >= 11 is 2.04. The average Bonchev–Trinajstić information content (AvgIpc) is 2.92. The highest BCUT2D eigenvalue weighted by Gasteiger charge is 2.40. The molecule has 1 heterocycles. The molecule has 0 unspecified atom stereocenters. The third kappa shape index (κ3) is 3.45. The van der Waals surface area contributed by atoms with Crippen LogP contribution in [0.1, 0.15) is 23.0 Å². The summed E-state index contributed by atoms with van der Waals surface area (Å²) in [5, 5.41) is 7.90. The van der Waals surface area contributed by atoms with Crippen LogP contribution < -0.4 is 10.8 Å². The first kappa shape index (κ1) is 16.8. The lowest BCUT2D eigenvalue weighted by atomic mass is 9.96. The molecular weight excluding hydrogens is 409 g/mol. The van der Waals surface area contributed by atoms with E-state index in [2.05, 4.69) is 10.4 Å². The molecule has 115 valence electrons. The van der Waals surface area contributed by atoms with Gasteiger partial charge < -0.3 is 5.32 Å². The van der Waals surface area contributed by atoms with Gasteiger partial charge in [0.15, 0.2) is 5.69 Å². The lowest BCUT2D eigenvalue weighted by molar-refractivity contribution is -0.143. The third-order valence-electron chi connectivity index (χ3n) is 2.88. The van der Waals surface area contributed by atoms with E-state index in [9.17, 15) is 18.0 Å². The van der Waals surface area contributed by atoms with Gasteiger partial charge in [0.25, 0.3) is 5.91 Å². The fourth-order valence-electron chi connectivity index (χ4n) is 1.93. The highest BCUT2D eigenvalue weighted by molar-refractivity contribution is 14.1. The molecule has 9 heteroatoms. The van der Waals surface area contributed by atoms with Crippen molar-refractivity contribution in [3.05, 3.63) is 41.7 Å².